The molecule has 0 atom stereocenters. The highest BCUT2D eigenvalue weighted by Crippen LogP contribution is 2.70. The molecule has 0 amide bonds. The van der Waals surface area contributed by atoms with E-state index in [0.717, 1.165) is 34.4 Å². The number of benzene rings is 7. The zero-order valence-corrected chi connectivity index (χ0v) is 31.3. The first-order valence-corrected chi connectivity index (χ1v) is 20.4. The van der Waals surface area contributed by atoms with Crippen LogP contribution in [-0.2, 0) is 5.41 Å². The summed E-state index contributed by atoms with van der Waals surface area (Å²) < 4.78 is 0. The molecule has 13 rings (SSSR count). The van der Waals surface area contributed by atoms with Gasteiger partial charge in [-0.25, -0.2) is 15.0 Å². The van der Waals surface area contributed by atoms with E-state index in [1.165, 1.54) is 81.8 Å². The summed E-state index contributed by atoms with van der Waals surface area (Å²) in [6.07, 6.45) is 6.83. The lowest BCUT2D eigenvalue weighted by molar-refractivity contribution is -0.0398. The maximum atomic E-state index is 5.47. The van der Waals surface area contributed by atoms with Gasteiger partial charge in [0.1, 0.15) is 0 Å². The lowest BCUT2D eigenvalue weighted by Gasteiger charge is -2.61. The summed E-state index contributed by atoms with van der Waals surface area (Å²) in [5.41, 5.74) is 13.6. The minimum absolute atomic E-state index is 0.0390. The number of nitrogens with zero attached hydrogens (tertiary/aromatic N) is 3. The zero-order chi connectivity index (χ0) is 36.8. The van der Waals surface area contributed by atoms with Crippen molar-refractivity contribution in [3.8, 4) is 67.5 Å². The molecule has 0 saturated heterocycles. The molecule has 3 nitrogen and oxygen atoms in total. The van der Waals surface area contributed by atoms with Crippen LogP contribution in [0.25, 0.3) is 78.3 Å². The Hall–Kier alpha value is -6.19. The van der Waals surface area contributed by atoms with Gasteiger partial charge in [-0.3, -0.25) is 0 Å². The Morgan fingerprint density at radius 1 is 0.375 bits per heavy atom. The van der Waals surface area contributed by atoms with Crippen LogP contribution in [0.5, 0.6) is 0 Å². The smallest absolute Gasteiger partial charge is 0.165 e. The van der Waals surface area contributed by atoms with E-state index in [0.29, 0.717) is 23.5 Å². The standard InChI is InChI=1S/C53H41N3/c1-3-11-35(12-4-1)37-19-23-39(24-20-37)50-54-51(40-25-21-38(22-26-40)36-13-5-2-6-14-36)56-52(55-50)49-44-16-8-7-15-41(44)32-47-48(49)45-17-9-10-18-46(45)53(47)42-28-33-27-34(30-42)31-43(53)29-33/h1-26,32-34,42-43H,27-31H2. The van der Waals surface area contributed by atoms with Crippen LogP contribution in [0.3, 0.4) is 0 Å². The van der Waals surface area contributed by atoms with Gasteiger partial charge in [0.05, 0.1) is 0 Å². The molecular weight excluding hydrogens is 679 g/mol. The Labute approximate surface area is 328 Å². The molecule has 4 fully saturated rings. The first kappa shape index (κ1) is 32.1. The Balaban J connectivity index is 1.10. The molecule has 56 heavy (non-hydrogen) atoms. The van der Waals surface area contributed by atoms with E-state index < -0.39 is 0 Å². The Kier molecular flexibility index (Phi) is 7.11. The average molecular weight is 720 g/mol. The molecular formula is C53H41N3. The molecule has 5 aliphatic rings. The summed E-state index contributed by atoms with van der Waals surface area (Å²) in [6, 6.07) is 59.4. The van der Waals surface area contributed by atoms with Crippen LogP contribution in [0.15, 0.2) is 164 Å². The summed E-state index contributed by atoms with van der Waals surface area (Å²) in [5, 5.41) is 2.47. The van der Waals surface area contributed by atoms with Gasteiger partial charge in [-0.1, -0.05) is 158 Å². The van der Waals surface area contributed by atoms with Crippen LogP contribution in [0.2, 0.25) is 0 Å². The van der Waals surface area contributed by atoms with E-state index in [4.69, 9.17) is 15.0 Å². The maximum absolute atomic E-state index is 5.47. The molecule has 0 aliphatic heterocycles. The second-order valence-electron chi connectivity index (χ2n) is 16.8. The first-order valence-electron chi connectivity index (χ1n) is 20.4. The minimum Gasteiger partial charge on any atom is -0.208 e. The molecule has 268 valence electrons. The van der Waals surface area contributed by atoms with Gasteiger partial charge in [-0.15, -0.1) is 0 Å². The molecule has 7 aromatic carbocycles. The lowest BCUT2D eigenvalue weighted by Crippen LogP contribution is -2.55. The van der Waals surface area contributed by atoms with Crippen molar-refractivity contribution >= 4 is 10.8 Å². The highest BCUT2D eigenvalue weighted by atomic mass is 15.0. The van der Waals surface area contributed by atoms with Gasteiger partial charge >= 0.3 is 0 Å². The monoisotopic (exact) mass is 719 g/mol. The van der Waals surface area contributed by atoms with Gasteiger partial charge in [0.15, 0.2) is 17.5 Å². The quantitative estimate of drug-likeness (QED) is 0.178. The molecule has 8 aromatic rings. The van der Waals surface area contributed by atoms with Crippen molar-refractivity contribution in [3.05, 3.63) is 175 Å². The van der Waals surface area contributed by atoms with Gasteiger partial charge in [0.2, 0.25) is 0 Å². The van der Waals surface area contributed by atoms with Gasteiger partial charge in [0.25, 0.3) is 0 Å². The van der Waals surface area contributed by atoms with E-state index in [-0.39, 0.29) is 5.41 Å². The van der Waals surface area contributed by atoms with Crippen molar-refractivity contribution in [3.63, 3.8) is 0 Å². The second-order valence-corrected chi connectivity index (χ2v) is 16.8. The molecule has 3 heteroatoms. The molecule has 0 radical (unpaired) electrons. The van der Waals surface area contributed by atoms with Crippen molar-refractivity contribution in [1.29, 1.82) is 0 Å². The van der Waals surface area contributed by atoms with Crippen LogP contribution in [0, 0.1) is 23.7 Å². The lowest BCUT2D eigenvalue weighted by atomic mass is 9.43. The van der Waals surface area contributed by atoms with E-state index >= 15 is 0 Å². The number of aromatic nitrogens is 3. The minimum atomic E-state index is 0.0390. The van der Waals surface area contributed by atoms with Gasteiger partial charge < -0.3 is 0 Å². The van der Waals surface area contributed by atoms with Crippen molar-refractivity contribution in [1.82, 2.24) is 15.0 Å². The van der Waals surface area contributed by atoms with Crippen molar-refractivity contribution in [2.24, 2.45) is 23.7 Å². The SMILES string of the molecule is c1ccc(-c2ccc(-c3nc(-c4ccc(-c5ccccc5)cc4)nc(-c4c5c(cc6ccccc46)C4(c6ccccc6-5)C5CC6CC(C5)CC4C6)n3)cc2)cc1. The van der Waals surface area contributed by atoms with E-state index in [9.17, 15) is 0 Å². The average Bonchev–Trinajstić information content (AvgIpc) is 3.55. The summed E-state index contributed by atoms with van der Waals surface area (Å²) >= 11 is 0. The Morgan fingerprint density at radius 2 is 0.839 bits per heavy atom. The fourth-order valence-electron chi connectivity index (χ4n) is 11.8. The maximum Gasteiger partial charge on any atom is 0.165 e. The largest absolute Gasteiger partial charge is 0.208 e. The summed E-state index contributed by atoms with van der Waals surface area (Å²) in [4.78, 5) is 16.2. The summed E-state index contributed by atoms with van der Waals surface area (Å²) in [5.74, 6) is 5.23. The van der Waals surface area contributed by atoms with Crippen molar-refractivity contribution in [2.75, 3.05) is 0 Å². The van der Waals surface area contributed by atoms with E-state index in [1.54, 1.807) is 5.56 Å². The molecule has 1 heterocycles. The normalized spacial score (nSPS) is 22.7. The van der Waals surface area contributed by atoms with Gasteiger partial charge in [-0.05, 0) is 117 Å². The molecule has 0 unspecified atom stereocenters. The highest BCUT2D eigenvalue weighted by Gasteiger charge is 2.62. The van der Waals surface area contributed by atoms with Gasteiger partial charge in [-0.2, -0.15) is 0 Å². The molecule has 0 N–H and O–H groups in total. The Morgan fingerprint density at radius 3 is 1.43 bits per heavy atom. The molecule has 5 aliphatic carbocycles. The van der Waals surface area contributed by atoms with E-state index in [2.05, 4.69) is 164 Å². The van der Waals surface area contributed by atoms with Crippen LogP contribution in [0.1, 0.15) is 43.2 Å². The molecule has 4 saturated carbocycles. The highest BCUT2D eigenvalue weighted by molar-refractivity contribution is 6.07. The third kappa shape index (κ3) is 4.79. The van der Waals surface area contributed by atoms with Crippen LogP contribution >= 0.6 is 0 Å². The fourth-order valence-corrected chi connectivity index (χ4v) is 11.8. The zero-order valence-electron chi connectivity index (χ0n) is 31.3. The molecule has 4 bridgehead atoms. The van der Waals surface area contributed by atoms with E-state index in [1.807, 2.05) is 0 Å². The van der Waals surface area contributed by atoms with Crippen molar-refractivity contribution < 1.29 is 0 Å². The van der Waals surface area contributed by atoms with Crippen LogP contribution < -0.4 is 0 Å². The van der Waals surface area contributed by atoms with Gasteiger partial charge in [0, 0.05) is 22.1 Å². The van der Waals surface area contributed by atoms with Crippen LogP contribution in [0.4, 0.5) is 0 Å². The predicted octanol–water partition coefficient (Wildman–Crippen LogP) is 13.1. The van der Waals surface area contributed by atoms with Crippen molar-refractivity contribution in [2.45, 2.75) is 37.5 Å². The number of fused-ring (bicyclic) bond motifs is 4. The molecule has 1 aromatic heterocycles. The first-order chi connectivity index (χ1) is 27.7. The third-order valence-electron chi connectivity index (χ3n) is 13.9. The number of hydrogen-bond donors (Lipinski definition) is 0. The summed E-state index contributed by atoms with van der Waals surface area (Å²) in [6.45, 7) is 0. The topological polar surface area (TPSA) is 38.7 Å². The second kappa shape index (κ2) is 12.4. The summed E-state index contributed by atoms with van der Waals surface area (Å²) in [7, 11) is 0. The fraction of sp³-hybridized carbons (Fsp3) is 0.189. The number of rotatable bonds is 5. The predicted molar refractivity (Wildman–Crippen MR) is 228 cm³/mol. The van der Waals surface area contributed by atoms with Crippen LogP contribution in [-0.4, -0.2) is 15.0 Å². The number of hydrogen-bond acceptors (Lipinski definition) is 3. The Bertz CT molecular complexity index is 2660. The third-order valence-corrected chi connectivity index (χ3v) is 13.9. The molecule has 1 spiro atoms.